The van der Waals surface area contributed by atoms with E-state index in [9.17, 15) is 4.79 Å². The van der Waals surface area contributed by atoms with E-state index in [1.165, 1.54) is 25.7 Å². The van der Waals surface area contributed by atoms with Gasteiger partial charge in [0.2, 0.25) is 5.91 Å². The fourth-order valence-electron chi connectivity index (χ4n) is 4.60. The number of fused-ring (bicyclic) bond motifs is 2. The minimum atomic E-state index is 0.435. The van der Waals surface area contributed by atoms with Gasteiger partial charge in [-0.2, -0.15) is 0 Å². The normalized spacial score (nSPS) is 47.8. The van der Waals surface area contributed by atoms with Crippen LogP contribution in [0.3, 0.4) is 0 Å². The van der Waals surface area contributed by atoms with Gasteiger partial charge in [-0.1, -0.05) is 12.8 Å². The highest BCUT2D eigenvalue weighted by molar-refractivity contribution is 5.82. The molecule has 0 aromatic carbocycles. The molecule has 0 aromatic heterocycles. The van der Waals surface area contributed by atoms with Gasteiger partial charge in [0.25, 0.3) is 0 Å². The van der Waals surface area contributed by atoms with Crippen LogP contribution in [-0.4, -0.2) is 37.0 Å². The highest BCUT2D eigenvalue weighted by atomic mass is 16.2. The molecular weight excluding hydrogens is 212 g/mol. The Kier molecular flexibility index (Phi) is 2.26. The smallest absolute Gasteiger partial charge is 0.226 e. The standard InChI is InChI=1S/C14H22N2O/c17-14(13-11-3-1-2-4-12(11)13)16-7-9-5-15-6-10(9)8-16/h9-13,15H,1-8H2. The molecule has 2 aliphatic carbocycles. The Labute approximate surface area is 103 Å². The zero-order valence-electron chi connectivity index (χ0n) is 10.4. The number of carbonyl (C=O) groups excluding carboxylic acids is 1. The second kappa shape index (κ2) is 3.71. The summed E-state index contributed by atoms with van der Waals surface area (Å²) < 4.78 is 0. The lowest BCUT2D eigenvalue weighted by Crippen LogP contribution is -2.33. The first-order valence-corrected chi connectivity index (χ1v) is 7.34. The third kappa shape index (κ3) is 1.55. The maximum absolute atomic E-state index is 12.5. The van der Waals surface area contributed by atoms with E-state index in [2.05, 4.69) is 10.2 Å². The van der Waals surface area contributed by atoms with Gasteiger partial charge in [-0.25, -0.2) is 0 Å². The Morgan fingerprint density at radius 1 is 1.00 bits per heavy atom. The summed E-state index contributed by atoms with van der Waals surface area (Å²) in [6, 6.07) is 0. The van der Waals surface area contributed by atoms with Gasteiger partial charge in [-0.15, -0.1) is 0 Å². The van der Waals surface area contributed by atoms with Crippen molar-refractivity contribution >= 4 is 5.91 Å². The van der Waals surface area contributed by atoms with E-state index in [-0.39, 0.29) is 0 Å². The van der Waals surface area contributed by atoms with Gasteiger partial charge < -0.3 is 10.2 Å². The summed E-state index contributed by atoms with van der Waals surface area (Å²) in [4.78, 5) is 14.7. The van der Waals surface area contributed by atoms with E-state index >= 15 is 0 Å². The zero-order chi connectivity index (χ0) is 11.4. The molecule has 0 spiro atoms. The van der Waals surface area contributed by atoms with Gasteiger partial charge >= 0.3 is 0 Å². The third-order valence-electron chi connectivity index (χ3n) is 5.64. The Bertz CT molecular complexity index is 319. The molecule has 0 aromatic rings. The molecule has 2 heterocycles. The van der Waals surface area contributed by atoms with Gasteiger partial charge in [0, 0.05) is 32.1 Å². The maximum atomic E-state index is 12.5. The predicted octanol–water partition coefficient (Wildman–Crippen LogP) is 1.10. The number of nitrogens with one attached hydrogen (secondary N) is 1. The molecule has 2 aliphatic heterocycles. The molecule has 2 saturated heterocycles. The van der Waals surface area contributed by atoms with Gasteiger partial charge in [0.15, 0.2) is 0 Å². The van der Waals surface area contributed by atoms with Crippen molar-refractivity contribution in [2.24, 2.45) is 29.6 Å². The second-order valence-electron chi connectivity index (χ2n) is 6.56. The third-order valence-corrected chi connectivity index (χ3v) is 5.64. The molecule has 0 bridgehead atoms. The van der Waals surface area contributed by atoms with Crippen molar-refractivity contribution in [3.05, 3.63) is 0 Å². The van der Waals surface area contributed by atoms with Gasteiger partial charge in [0.05, 0.1) is 0 Å². The molecule has 4 rings (SSSR count). The Hall–Kier alpha value is -0.570. The Balaban J connectivity index is 1.41. The van der Waals surface area contributed by atoms with E-state index in [0.29, 0.717) is 11.8 Å². The molecule has 4 aliphatic rings. The maximum Gasteiger partial charge on any atom is 0.226 e. The monoisotopic (exact) mass is 234 g/mol. The van der Waals surface area contributed by atoms with Gasteiger partial charge in [-0.05, 0) is 36.5 Å². The molecule has 4 fully saturated rings. The minimum absolute atomic E-state index is 0.435. The van der Waals surface area contributed by atoms with Crippen LogP contribution in [-0.2, 0) is 4.79 Å². The number of nitrogens with zero attached hydrogens (tertiary/aromatic N) is 1. The summed E-state index contributed by atoms with van der Waals surface area (Å²) in [6.07, 6.45) is 5.37. The zero-order valence-corrected chi connectivity index (χ0v) is 10.4. The molecule has 0 radical (unpaired) electrons. The number of hydrogen-bond acceptors (Lipinski definition) is 2. The van der Waals surface area contributed by atoms with Gasteiger partial charge in [-0.3, -0.25) is 4.79 Å². The highest BCUT2D eigenvalue weighted by Gasteiger charge is 2.56. The van der Waals surface area contributed by atoms with E-state index in [4.69, 9.17) is 0 Å². The molecule has 3 heteroatoms. The van der Waals surface area contributed by atoms with Crippen LogP contribution in [0.15, 0.2) is 0 Å². The lowest BCUT2D eigenvalue weighted by atomic mass is 10.0. The summed E-state index contributed by atoms with van der Waals surface area (Å²) in [5.41, 5.74) is 0. The Morgan fingerprint density at radius 3 is 2.18 bits per heavy atom. The molecule has 2 saturated carbocycles. The van der Waals surface area contributed by atoms with Crippen LogP contribution >= 0.6 is 0 Å². The van der Waals surface area contributed by atoms with Crippen LogP contribution in [0.25, 0.3) is 0 Å². The predicted molar refractivity (Wildman–Crippen MR) is 65.4 cm³/mol. The van der Waals surface area contributed by atoms with E-state index < -0.39 is 0 Å². The van der Waals surface area contributed by atoms with Crippen LogP contribution in [0, 0.1) is 29.6 Å². The average Bonchev–Trinajstić information content (AvgIpc) is 2.66. The lowest BCUT2D eigenvalue weighted by Gasteiger charge is -2.17. The molecular formula is C14H22N2O. The number of hydrogen-bond donors (Lipinski definition) is 1. The quantitative estimate of drug-likeness (QED) is 0.737. The summed E-state index contributed by atoms with van der Waals surface area (Å²) in [6.45, 7) is 4.33. The van der Waals surface area contributed by atoms with Crippen molar-refractivity contribution in [3.63, 3.8) is 0 Å². The van der Waals surface area contributed by atoms with Crippen LogP contribution < -0.4 is 5.32 Å². The second-order valence-corrected chi connectivity index (χ2v) is 6.56. The number of amides is 1. The SMILES string of the molecule is O=C(C1C2CCCCC21)N1CC2CNCC2C1. The topological polar surface area (TPSA) is 32.3 Å². The number of likely N-dealkylation sites (tertiary alicyclic amines) is 1. The Morgan fingerprint density at radius 2 is 1.59 bits per heavy atom. The van der Waals surface area contributed by atoms with Crippen molar-refractivity contribution < 1.29 is 4.79 Å². The van der Waals surface area contributed by atoms with Crippen LogP contribution in [0.1, 0.15) is 25.7 Å². The fourth-order valence-corrected chi connectivity index (χ4v) is 4.60. The van der Waals surface area contributed by atoms with Gasteiger partial charge in [0.1, 0.15) is 0 Å². The van der Waals surface area contributed by atoms with Crippen molar-refractivity contribution in [1.82, 2.24) is 10.2 Å². The molecule has 3 nitrogen and oxygen atoms in total. The summed E-state index contributed by atoms with van der Waals surface area (Å²) >= 11 is 0. The first-order valence-electron chi connectivity index (χ1n) is 7.34. The first-order chi connectivity index (χ1) is 8.34. The summed E-state index contributed by atoms with van der Waals surface area (Å²) in [5, 5.41) is 3.44. The fraction of sp³-hybridized carbons (Fsp3) is 0.929. The van der Waals surface area contributed by atoms with Crippen molar-refractivity contribution in [1.29, 1.82) is 0 Å². The number of carbonyl (C=O) groups is 1. The highest BCUT2D eigenvalue weighted by Crippen LogP contribution is 2.56. The van der Waals surface area contributed by atoms with Crippen molar-refractivity contribution in [3.8, 4) is 0 Å². The summed E-state index contributed by atoms with van der Waals surface area (Å²) in [7, 11) is 0. The van der Waals surface area contributed by atoms with Crippen molar-refractivity contribution in [2.75, 3.05) is 26.2 Å². The lowest BCUT2D eigenvalue weighted by molar-refractivity contribution is -0.132. The number of rotatable bonds is 1. The van der Waals surface area contributed by atoms with Crippen LogP contribution in [0.4, 0.5) is 0 Å². The summed E-state index contributed by atoms with van der Waals surface area (Å²) in [5.74, 6) is 3.99. The molecule has 4 unspecified atom stereocenters. The minimum Gasteiger partial charge on any atom is -0.342 e. The largest absolute Gasteiger partial charge is 0.342 e. The van der Waals surface area contributed by atoms with Crippen LogP contribution in [0.2, 0.25) is 0 Å². The molecule has 1 N–H and O–H groups in total. The molecule has 4 atom stereocenters. The average molecular weight is 234 g/mol. The molecule has 94 valence electrons. The molecule has 1 amide bonds. The first kappa shape index (κ1) is 10.4. The van der Waals surface area contributed by atoms with E-state index in [1.54, 1.807) is 0 Å². The van der Waals surface area contributed by atoms with E-state index in [1.807, 2.05) is 0 Å². The molecule has 17 heavy (non-hydrogen) atoms. The van der Waals surface area contributed by atoms with E-state index in [0.717, 1.165) is 49.9 Å². The van der Waals surface area contributed by atoms with Crippen LogP contribution in [0.5, 0.6) is 0 Å². The van der Waals surface area contributed by atoms with Crippen molar-refractivity contribution in [2.45, 2.75) is 25.7 Å².